The van der Waals surface area contributed by atoms with Crippen LogP contribution in [-0.2, 0) is 9.53 Å². The molecule has 1 saturated heterocycles. The third-order valence-corrected chi connectivity index (χ3v) is 3.92. The van der Waals surface area contributed by atoms with Gasteiger partial charge >= 0.3 is 5.97 Å². The van der Waals surface area contributed by atoms with Gasteiger partial charge in [-0.05, 0) is 37.5 Å². The zero-order valence-electron chi connectivity index (χ0n) is 7.66. The van der Waals surface area contributed by atoms with Gasteiger partial charge in [0.25, 0.3) is 0 Å². The first-order valence-corrected chi connectivity index (χ1v) is 5.17. The van der Waals surface area contributed by atoms with Gasteiger partial charge in [-0.1, -0.05) is 12.2 Å². The second kappa shape index (κ2) is 2.37. The molecule has 2 nitrogen and oxygen atoms in total. The summed E-state index contributed by atoms with van der Waals surface area (Å²) >= 11 is 0. The van der Waals surface area contributed by atoms with Gasteiger partial charge in [0.2, 0.25) is 0 Å². The lowest BCUT2D eigenvalue weighted by Gasteiger charge is -2.36. The van der Waals surface area contributed by atoms with E-state index in [1.807, 2.05) is 0 Å². The molecule has 13 heavy (non-hydrogen) atoms. The normalized spacial score (nSPS) is 47.2. The minimum Gasteiger partial charge on any atom is -0.465 e. The SMILES string of the molecule is O=C1OCCCC12CC1C=CC2C1. The molecule has 3 rings (SSSR count). The van der Waals surface area contributed by atoms with Crippen LogP contribution in [0.4, 0.5) is 0 Å². The van der Waals surface area contributed by atoms with Crippen molar-refractivity contribution in [2.75, 3.05) is 6.61 Å². The van der Waals surface area contributed by atoms with E-state index in [4.69, 9.17) is 4.74 Å². The summed E-state index contributed by atoms with van der Waals surface area (Å²) < 4.78 is 5.20. The second-order valence-electron chi connectivity index (χ2n) is 4.59. The summed E-state index contributed by atoms with van der Waals surface area (Å²) in [5.41, 5.74) is -0.0995. The fourth-order valence-corrected chi connectivity index (χ4v) is 3.28. The van der Waals surface area contributed by atoms with Crippen molar-refractivity contribution >= 4 is 5.97 Å². The maximum atomic E-state index is 11.8. The summed E-state index contributed by atoms with van der Waals surface area (Å²) in [6, 6.07) is 0. The molecule has 1 saturated carbocycles. The van der Waals surface area contributed by atoms with Gasteiger partial charge in [-0.3, -0.25) is 4.79 Å². The highest BCUT2D eigenvalue weighted by atomic mass is 16.5. The van der Waals surface area contributed by atoms with E-state index in [0.717, 1.165) is 19.3 Å². The van der Waals surface area contributed by atoms with Crippen LogP contribution in [0.1, 0.15) is 25.7 Å². The molecule has 0 N–H and O–H groups in total. The largest absolute Gasteiger partial charge is 0.465 e. The Kier molecular flexibility index (Phi) is 1.38. The molecule has 0 aromatic rings. The fraction of sp³-hybridized carbons (Fsp3) is 0.727. The number of carbonyl (C=O) groups excluding carboxylic acids is 1. The lowest BCUT2D eigenvalue weighted by atomic mass is 9.71. The van der Waals surface area contributed by atoms with Crippen LogP contribution < -0.4 is 0 Å². The minimum absolute atomic E-state index is 0.0793. The second-order valence-corrected chi connectivity index (χ2v) is 4.59. The van der Waals surface area contributed by atoms with Crippen molar-refractivity contribution < 1.29 is 9.53 Å². The number of fused-ring (bicyclic) bond motifs is 3. The van der Waals surface area contributed by atoms with E-state index in [9.17, 15) is 4.79 Å². The van der Waals surface area contributed by atoms with Gasteiger partial charge in [0.15, 0.2) is 0 Å². The summed E-state index contributed by atoms with van der Waals surface area (Å²) in [7, 11) is 0. The molecule has 2 bridgehead atoms. The molecular formula is C11H14O2. The number of esters is 1. The lowest BCUT2D eigenvalue weighted by Crippen LogP contribution is -2.40. The van der Waals surface area contributed by atoms with Crippen molar-refractivity contribution in [3.63, 3.8) is 0 Å². The van der Waals surface area contributed by atoms with Crippen LogP contribution in [0.25, 0.3) is 0 Å². The monoisotopic (exact) mass is 178 g/mol. The van der Waals surface area contributed by atoms with Crippen LogP contribution in [-0.4, -0.2) is 12.6 Å². The molecule has 70 valence electrons. The zero-order valence-corrected chi connectivity index (χ0v) is 7.66. The topological polar surface area (TPSA) is 26.3 Å². The van der Waals surface area contributed by atoms with Gasteiger partial charge in [0, 0.05) is 0 Å². The van der Waals surface area contributed by atoms with Crippen molar-refractivity contribution in [3.05, 3.63) is 12.2 Å². The molecule has 3 unspecified atom stereocenters. The van der Waals surface area contributed by atoms with E-state index in [2.05, 4.69) is 12.2 Å². The molecular weight excluding hydrogens is 164 g/mol. The molecule has 1 heterocycles. The summed E-state index contributed by atoms with van der Waals surface area (Å²) in [5.74, 6) is 1.23. The Balaban J connectivity index is 1.96. The number of ether oxygens (including phenoxy) is 1. The van der Waals surface area contributed by atoms with E-state index in [1.165, 1.54) is 6.42 Å². The van der Waals surface area contributed by atoms with Crippen molar-refractivity contribution in [2.24, 2.45) is 17.3 Å². The van der Waals surface area contributed by atoms with E-state index >= 15 is 0 Å². The molecule has 3 aliphatic rings. The fourth-order valence-electron chi connectivity index (χ4n) is 3.28. The molecule has 0 amide bonds. The standard InChI is InChI=1S/C11H14O2/c12-10-11(4-1-5-13-10)7-8-2-3-9(11)6-8/h2-3,8-9H,1,4-7H2. The highest BCUT2D eigenvalue weighted by Gasteiger charge is 2.55. The molecule has 0 aromatic carbocycles. The smallest absolute Gasteiger partial charge is 0.312 e. The molecule has 0 aromatic heterocycles. The van der Waals surface area contributed by atoms with Gasteiger partial charge in [0.05, 0.1) is 12.0 Å². The molecule has 0 radical (unpaired) electrons. The predicted molar refractivity (Wildman–Crippen MR) is 48.0 cm³/mol. The van der Waals surface area contributed by atoms with Gasteiger partial charge in [-0.15, -0.1) is 0 Å². The molecule has 1 spiro atoms. The first-order chi connectivity index (χ1) is 6.31. The average molecular weight is 178 g/mol. The Bertz CT molecular complexity index is 282. The van der Waals surface area contributed by atoms with Crippen molar-refractivity contribution in [3.8, 4) is 0 Å². The van der Waals surface area contributed by atoms with Gasteiger partial charge < -0.3 is 4.74 Å². The van der Waals surface area contributed by atoms with Crippen LogP contribution >= 0.6 is 0 Å². The van der Waals surface area contributed by atoms with Crippen LogP contribution in [0.15, 0.2) is 12.2 Å². The number of hydrogen-bond donors (Lipinski definition) is 0. The highest BCUT2D eigenvalue weighted by molar-refractivity contribution is 5.79. The Morgan fingerprint density at radius 3 is 3.00 bits per heavy atom. The quantitative estimate of drug-likeness (QED) is 0.418. The number of carbonyl (C=O) groups is 1. The van der Waals surface area contributed by atoms with Crippen molar-refractivity contribution in [2.45, 2.75) is 25.7 Å². The zero-order chi connectivity index (χ0) is 8.89. The molecule has 3 atom stereocenters. The Morgan fingerprint density at radius 1 is 1.46 bits per heavy atom. The Morgan fingerprint density at radius 2 is 2.38 bits per heavy atom. The van der Waals surface area contributed by atoms with Crippen LogP contribution in [0, 0.1) is 17.3 Å². The summed E-state index contributed by atoms with van der Waals surface area (Å²) in [6.45, 7) is 0.641. The lowest BCUT2D eigenvalue weighted by molar-refractivity contribution is -0.164. The Labute approximate surface area is 78.0 Å². The average Bonchev–Trinajstić information content (AvgIpc) is 2.70. The Hall–Kier alpha value is -0.790. The third kappa shape index (κ3) is 0.862. The number of rotatable bonds is 0. The van der Waals surface area contributed by atoms with Gasteiger partial charge in [-0.25, -0.2) is 0 Å². The van der Waals surface area contributed by atoms with E-state index in [0.29, 0.717) is 18.4 Å². The van der Waals surface area contributed by atoms with Crippen LogP contribution in [0.5, 0.6) is 0 Å². The highest BCUT2D eigenvalue weighted by Crippen LogP contribution is 2.56. The van der Waals surface area contributed by atoms with Crippen LogP contribution in [0.2, 0.25) is 0 Å². The van der Waals surface area contributed by atoms with E-state index in [1.54, 1.807) is 0 Å². The van der Waals surface area contributed by atoms with E-state index < -0.39 is 0 Å². The summed E-state index contributed by atoms with van der Waals surface area (Å²) in [5, 5.41) is 0. The van der Waals surface area contributed by atoms with Crippen LogP contribution in [0.3, 0.4) is 0 Å². The molecule has 2 aliphatic carbocycles. The predicted octanol–water partition coefficient (Wildman–Crippen LogP) is 1.91. The maximum Gasteiger partial charge on any atom is 0.312 e. The van der Waals surface area contributed by atoms with Gasteiger partial charge in [-0.2, -0.15) is 0 Å². The minimum atomic E-state index is -0.0995. The van der Waals surface area contributed by atoms with Crippen molar-refractivity contribution in [1.29, 1.82) is 0 Å². The first kappa shape index (κ1) is 7.60. The molecule has 1 aliphatic heterocycles. The molecule has 2 heteroatoms. The van der Waals surface area contributed by atoms with Gasteiger partial charge in [0.1, 0.15) is 0 Å². The summed E-state index contributed by atoms with van der Waals surface area (Å²) in [6.07, 6.45) is 8.86. The number of hydrogen-bond acceptors (Lipinski definition) is 2. The molecule has 2 fully saturated rings. The van der Waals surface area contributed by atoms with Crippen molar-refractivity contribution in [1.82, 2.24) is 0 Å². The number of allylic oxidation sites excluding steroid dienone is 2. The third-order valence-electron chi connectivity index (χ3n) is 3.92. The first-order valence-electron chi connectivity index (χ1n) is 5.17. The van der Waals surface area contributed by atoms with E-state index in [-0.39, 0.29) is 11.4 Å². The number of cyclic esters (lactones) is 1. The maximum absolute atomic E-state index is 11.8. The summed E-state index contributed by atoms with van der Waals surface area (Å²) in [4.78, 5) is 11.8.